The molecule has 23 heavy (non-hydrogen) atoms. The minimum absolute atomic E-state index is 0. The average Bonchev–Trinajstić information content (AvgIpc) is 3.05. The van der Waals surface area contributed by atoms with Crippen molar-refractivity contribution in [1.29, 1.82) is 0 Å². The number of halogens is 2. The van der Waals surface area contributed by atoms with E-state index in [4.69, 9.17) is 0 Å². The van der Waals surface area contributed by atoms with Crippen molar-refractivity contribution in [1.82, 2.24) is 25.2 Å². The SMILES string of the molecule is CNC1CCCN(C(=O)c2csc(-c3cnccn3)n2)C1.Cl.Cl. The van der Waals surface area contributed by atoms with E-state index in [9.17, 15) is 4.79 Å². The van der Waals surface area contributed by atoms with Crippen LogP contribution < -0.4 is 5.32 Å². The molecule has 0 aliphatic carbocycles. The predicted octanol–water partition coefficient (Wildman–Crippen LogP) is 2.27. The molecule has 3 heterocycles. The predicted molar refractivity (Wildman–Crippen MR) is 95.6 cm³/mol. The molecule has 6 nitrogen and oxygen atoms in total. The molecule has 1 saturated heterocycles. The van der Waals surface area contributed by atoms with Crippen molar-refractivity contribution in [2.45, 2.75) is 18.9 Å². The smallest absolute Gasteiger partial charge is 0.273 e. The standard InChI is InChI=1S/C14H17N5OS.2ClH/c1-15-10-3-2-6-19(8-10)14(20)12-9-21-13(18-12)11-7-16-4-5-17-11;;/h4-5,7,9-10,15H,2-3,6,8H2,1H3;2*1H. The Labute approximate surface area is 151 Å². The molecule has 1 aliphatic heterocycles. The number of likely N-dealkylation sites (tertiary alicyclic amines) is 1. The van der Waals surface area contributed by atoms with Crippen molar-refractivity contribution in [2.24, 2.45) is 0 Å². The first-order valence-corrected chi connectivity index (χ1v) is 7.84. The van der Waals surface area contributed by atoms with Gasteiger partial charge in [0.25, 0.3) is 5.91 Å². The van der Waals surface area contributed by atoms with Crippen LogP contribution in [0.3, 0.4) is 0 Å². The minimum atomic E-state index is 0. The second kappa shape index (κ2) is 9.12. The normalized spacial score (nSPS) is 17.1. The third-order valence-electron chi connectivity index (χ3n) is 3.62. The van der Waals surface area contributed by atoms with E-state index >= 15 is 0 Å². The summed E-state index contributed by atoms with van der Waals surface area (Å²) in [5, 5.41) is 5.77. The lowest BCUT2D eigenvalue weighted by molar-refractivity contribution is 0.0693. The number of aromatic nitrogens is 3. The number of hydrogen-bond acceptors (Lipinski definition) is 6. The number of thiazole rings is 1. The Kier molecular flexibility index (Phi) is 7.84. The summed E-state index contributed by atoms with van der Waals surface area (Å²) in [6, 6.07) is 0.376. The largest absolute Gasteiger partial charge is 0.336 e. The molecule has 0 radical (unpaired) electrons. The maximum atomic E-state index is 12.5. The molecular formula is C14H19Cl2N5OS. The molecule has 1 aliphatic rings. The molecule has 1 unspecified atom stereocenters. The Morgan fingerprint density at radius 3 is 2.91 bits per heavy atom. The van der Waals surface area contributed by atoms with Gasteiger partial charge in [0.1, 0.15) is 16.4 Å². The molecule has 0 saturated carbocycles. The van der Waals surface area contributed by atoms with Crippen molar-refractivity contribution in [2.75, 3.05) is 20.1 Å². The molecule has 2 aromatic rings. The highest BCUT2D eigenvalue weighted by Gasteiger charge is 2.25. The Hall–Kier alpha value is -1.28. The van der Waals surface area contributed by atoms with Gasteiger partial charge in [-0.3, -0.25) is 14.8 Å². The van der Waals surface area contributed by atoms with Crippen molar-refractivity contribution in [3.05, 3.63) is 29.7 Å². The first-order valence-electron chi connectivity index (χ1n) is 6.96. The van der Waals surface area contributed by atoms with E-state index < -0.39 is 0 Å². The summed E-state index contributed by atoms with van der Waals surface area (Å²) in [4.78, 5) is 27.0. The van der Waals surface area contributed by atoms with Crippen molar-refractivity contribution in [3.63, 3.8) is 0 Å². The van der Waals surface area contributed by atoms with E-state index in [1.807, 2.05) is 11.9 Å². The van der Waals surface area contributed by atoms with Crippen molar-refractivity contribution in [3.8, 4) is 10.7 Å². The lowest BCUT2D eigenvalue weighted by Crippen LogP contribution is -2.47. The third-order valence-corrected chi connectivity index (χ3v) is 4.49. The molecule has 9 heteroatoms. The van der Waals surface area contributed by atoms with Crippen LogP contribution in [-0.2, 0) is 0 Å². The number of piperidine rings is 1. The summed E-state index contributed by atoms with van der Waals surface area (Å²) in [7, 11) is 1.94. The number of nitrogens with zero attached hydrogens (tertiary/aromatic N) is 4. The average molecular weight is 376 g/mol. The van der Waals surface area contributed by atoms with Crippen LogP contribution in [0.4, 0.5) is 0 Å². The third kappa shape index (κ3) is 4.60. The topological polar surface area (TPSA) is 71.0 Å². The summed E-state index contributed by atoms with van der Waals surface area (Å²) in [5.41, 5.74) is 1.20. The molecule has 1 fully saturated rings. The summed E-state index contributed by atoms with van der Waals surface area (Å²) in [6.45, 7) is 1.54. The highest BCUT2D eigenvalue weighted by Crippen LogP contribution is 2.22. The Morgan fingerprint density at radius 1 is 1.39 bits per heavy atom. The quantitative estimate of drug-likeness (QED) is 0.890. The van der Waals surface area contributed by atoms with Gasteiger partial charge in [0.15, 0.2) is 0 Å². The molecule has 0 aromatic carbocycles. The van der Waals surface area contributed by atoms with Crippen LogP contribution >= 0.6 is 36.2 Å². The molecule has 0 spiro atoms. The van der Waals surface area contributed by atoms with Gasteiger partial charge in [-0.25, -0.2) is 4.98 Å². The van der Waals surface area contributed by atoms with E-state index in [0.717, 1.165) is 30.9 Å². The Bertz CT molecular complexity index is 625. The Morgan fingerprint density at radius 2 is 2.22 bits per heavy atom. The van der Waals surface area contributed by atoms with E-state index in [1.54, 1.807) is 24.0 Å². The van der Waals surface area contributed by atoms with Crippen LogP contribution in [-0.4, -0.2) is 51.9 Å². The Balaban J connectivity index is 0.00000132. The number of carbonyl (C=O) groups is 1. The lowest BCUT2D eigenvalue weighted by atomic mass is 10.1. The lowest BCUT2D eigenvalue weighted by Gasteiger charge is -2.32. The number of rotatable bonds is 3. The van der Waals surface area contributed by atoms with Gasteiger partial charge in [0.2, 0.25) is 0 Å². The summed E-state index contributed by atoms with van der Waals surface area (Å²) >= 11 is 1.42. The van der Waals surface area contributed by atoms with Gasteiger partial charge >= 0.3 is 0 Å². The fraction of sp³-hybridized carbons (Fsp3) is 0.429. The number of carbonyl (C=O) groups excluding carboxylic acids is 1. The monoisotopic (exact) mass is 375 g/mol. The first kappa shape index (κ1) is 19.8. The van der Waals surface area contributed by atoms with Gasteiger partial charge < -0.3 is 10.2 Å². The van der Waals surface area contributed by atoms with E-state index in [2.05, 4.69) is 20.3 Å². The van der Waals surface area contributed by atoms with Gasteiger partial charge in [-0.15, -0.1) is 36.2 Å². The number of hydrogen-bond donors (Lipinski definition) is 1. The first-order chi connectivity index (χ1) is 10.3. The molecule has 1 amide bonds. The number of likely N-dealkylation sites (N-methyl/N-ethyl adjacent to an activating group) is 1. The number of amides is 1. The second-order valence-corrected chi connectivity index (χ2v) is 5.87. The number of nitrogens with one attached hydrogen (secondary N) is 1. The molecular weight excluding hydrogens is 357 g/mol. The molecule has 0 bridgehead atoms. The van der Waals surface area contributed by atoms with Gasteiger partial charge in [-0.1, -0.05) is 0 Å². The van der Waals surface area contributed by atoms with Crippen LogP contribution in [0.1, 0.15) is 23.3 Å². The van der Waals surface area contributed by atoms with E-state index in [1.165, 1.54) is 11.3 Å². The maximum Gasteiger partial charge on any atom is 0.273 e. The van der Waals surface area contributed by atoms with Crippen LogP contribution in [0.25, 0.3) is 10.7 Å². The second-order valence-electron chi connectivity index (χ2n) is 5.01. The maximum absolute atomic E-state index is 12.5. The van der Waals surface area contributed by atoms with Gasteiger partial charge in [0.05, 0.1) is 6.20 Å². The van der Waals surface area contributed by atoms with Crippen LogP contribution in [0, 0.1) is 0 Å². The summed E-state index contributed by atoms with van der Waals surface area (Å²) in [5.74, 6) is 0.00124. The highest BCUT2D eigenvalue weighted by molar-refractivity contribution is 7.13. The van der Waals surface area contributed by atoms with E-state index in [0.29, 0.717) is 17.4 Å². The van der Waals surface area contributed by atoms with Gasteiger partial charge in [-0.05, 0) is 19.9 Å². The van der Waals surface area contributed by atoms with Gasteiger partial charge in [-0.2, -0.15) is 0 Å². The van der Waals surface area contributed by atoms with E-state index in [-0.39, 0.29) is 30.7 Å². The summed E-state index contributed by atoms with van der Waals surface area (Å²) < 4.78 is 0. The zero-order chi connectivity index (χ0) is 14.7. The molecule has 126 valence electrons. The minimum Gasteiger partial charge on any atom is -0.336 e. The van der Waals surface area contributed by atoms with Crippen LogP contribution in [0.2, 0.25) is 0 Å². The van der Waals surface area contributed by atoms with Crippen molar-refractivity contribution < 1.29 is 4.79 Å². The highest BCUT2D eigenvalue weighted by atomic mass is 35.5. The molecule has 1 atom stereocenters. The van der Waals surface area contributed by atoms with Crippen molar-refractivity contribution >= 4 is 42.1 Å². The molecule has 3 rings (SSSR count). The summed E-state index contributed by atoms with van der Waals surface area (Å²) in [6.07, 6.45) is 7.04. The molecule has 1 N–H and O–H groups in total. The molecule has 2 aromatic heterocycles. The van der Waals surface area contributed by atoms with Crippen LogP contribution in [0.15, 0.2) is 24.0 Å². The van der Waals surface area contributed by atoms with Crippen LogP contribution in [0.5, 0.6) is 0 Å². The fourth-order valence-electron chi connectivity index (χ4n) is 2.46. The zero-order valence-electron chi connectivity index (χ0n) is 12.6. The zero-order valence-corrected chi connectivity index (χ0v) is 15.1. The fourth-order valence-corrected chi connectivity index (χ4v) is 3.21. The van der Waals surface area contributed by atoms with Gasteiger partial charge in [0, 0.05) is 36.9 Å².